The van der Waals surface area contributed by atoms with Crippen molar-refractivity contribution in [2.75, 3.05) is 5.32 Å². The van der Waals surface area contributed by atoms with Crippen LogP contribution in [0.3, 0.4) is 0 Å². The number of para-hydroxylation sites is 1. The van der Waals surface area contributed by atoms with Crippen LogP contribution in [0.1, 0.15) is 32.8 Å². The second kappa shape index (κ2) is 5.62. The van der Waals surface area contributed by atoms with Gasteiger partial charge in [0, 0.05) is 23.3 Å². The minimum atomic E-state index is -1.32. The number of hydrogen-bond donors (Lipinski definition) is 3. The van der Waals surface area contributed by atoms with Gasteiger partial charge in [-0.25, -0.2) is 0 Å². The molecule has 4 rings (SSSR count). The van der Waals surface area contributed by atoms with E-state index in [9.17, 15) is 19.5 Å². The van der Waals surface area contributed by atoms with Crippen molar-refractivity contribution >= 4 is 23.4 Å². The molecule has 0 aromatic heterocycles. The summed E-state index contributed by atoms with van der Waals surface area (Å²) in [6.07, 6.45) is -0.240. The number of rotatable bonds is 3. The van der Waals surface area contributed by atoms with Gasteiger partial charge in [-0.15, -0.1) is 0 Å². The zero-order valence-corrected chi connectivity index (χ0v) is 15.0. The van der Waals surface area contributed by atoms with Crippen molar-refractivity contribution in [2.24, 2.45) is 11.8 Å². The van der Waals surface area contributed by atoms with Crippen LogP contribution in [0, 0.1) is 11.8 Å². The molecule has 3 aliphatic rings. The van der Waals surface area contributed by atoms with Crippen molar-refractivity contribution in [3.8, 4) is 0 Å². The molecule has 7 heteroatoms. The van der Waals surface area contributed by atoms with Crippen LogP contribution < -0.4 is 10.6 Å². The van der Waals surface area contributed by atoms with Crippen molar-refractivity contribution < 1.29 is 19.5 Å². The van der Waals surface area contributed by atoms with Crippen molar-refractivity contribution in [3.63, 3.8) is 0 Å². The third kappa shape index (κ3) is 1.92. The maximum Gasteiger partial charge on any atom is 0.250 e. The highest BCUT2D eigenvalue weighted by Gasteiger charge is 2.71. The van der Waals surface area contributed by atoms with E-state index in [2.05, 4.69) is 10.6 Å². The number of anilines is 1. The molecule has 0 aliphatic carbocycles. The number of aliphatic hydroxyl groups is 1. The molecule has 1 aromatic rings. The van der Waals surface area contributed by atoms with Gasteiger partial charge >= 0.3 is 0 Å². The standard InChI is InChI=1S/C19H23N3O4/c1-4-9(2)22-16(24)13-14(17(22)25)19(21-15(13)10(3)23)11-7-5-6-8-12(11)20-18(19)26/h5-10,13-15,21,23H,4H2,1-3H3,(H,20,26)/t9-,10+,13-,14-,15+,19-/m0/s1. The SMILES string of the molecule is CC[C@H](C)N1C(=O)[C@@H]2[C@@H]([C@@H](C)O)N[C@]3(C(=O)Nc4ccccc43)[C@@H]2C1=O. The van der Waals surface area contributed by atoms with E-state index in [4.69, 9.17) is 0 Å². The van der Waals surface area contributed by atoms with Crippen molar-refractivity contribution in [2.45, 2.75) is 50.9 Å². The normalized spacial score (nSPS) is 34.8. The maximum atomic E-state index is 13.3. The molecule has 2 fully saturated rings. The highest BCUT2D eigenvalue weighted by atomic mass is 16.3. The smallest absolute Gasteiger partial charge is 0.250 e. The van der Waals surface area contributed by atoms with Crippen molar-refractivity contribution in [3.05, 3.63) is 29.8 Å². The molecule has 1 aromatic carbocycles. The van der Waals surface area contributed by atoms with Gasteiger partial charge in [0.2, 0.25) is 17.7 Å². The monoisotopic (exact) mass is 357 g/mol. The van der Waals surface area contributed by atoms with E-state index in [1.54, 1.807) is 25.1 Å². The number of carbonyl (C=O) groups is 3. The van der Waals surface area contributed by atoms with E-state index in [0.717, 1.165) is 0 Å². The molecule has 0 radical (unpaired) electrons. The van der Waals surface area contributed by atoms with Crippen LogP contribution in [0.5, 0.6) is 0 Å². The molecule has 7 nitrogen and oxygen atoms in total. The van der Waals surface area contributed by atoms with Gasteiger partial charge in [0.25, 0.3) is 0 Å². The highest BCUT2D eigenvalue weighted by molar-refractivity contribution is 6.15. The number of imide groups is 1. The number of benzene rings is 1. The van der Waals surface area contributed by atoms with Crippen LogP contribution >= 0.6 is 0 Å². The molecular weight excluding hydrogens is 334 g/mol. The fourth-order valence-electron chi connectivity index (χ4n) is 4.74. The summed E-state index contributed by atoms with van der Waals surface area (Å²) in [4.78, 5) is 40.7. The Morgan fingerprint density at radius 3 is 2.54 bits per heavy atom. The number of hydrogen-bond acceptors (Lipinski definition) is 5. The average Bonchev–Trinajstić information content (AvgIpc) is 3.20. The van der Waals surface area contributed by atoms with Crippen LogP contribution in [0.15, 0.2) is 24.3 Å². The van der Waals surface area contributed by atoms with E-state index in [-0.39, 0.29) is 23.8 Å². The lowest BCUT2D eigenvalue weighted by atomic mass is 9.76. The summed E-state index contributed by atoms with van der Waals surface area (Å²) in [5.74, 6) is -2.59. The Bertz CT molecular complexity index is 808. The molecule has 3 heterocycles. The molecule has 1 spiro atoms. The molecule has 2 saturated heterocycles. The van der Waals surface area contributed by atoms with Gasteiger partial charge in [-0.3, -0.25) is 24.6 Å². The summed E-state index contributed by atoms with van der Waals surface area (Å²) in [6, 6.07) is 6.28. The fraction of sp³-hybridized carbons (Fsp3) is 0.526. The van der Waals surface area contributed by atoms with E-state index in [0.29, 0.717) is 17.7 Å². The molecule has 3 N–H and O–H groups in total. The highest BCUT2D eigenvalue weighted by Crippen LogP contribution is 2.53. The van der Waals surface area contributed by atoms with Crippen molar-refractivity contribution in [1.29, 1.82) is 0 Å². The zero-order valence-electron chi connectivity index (χ0n) is 15.0. The van der Waals surface area contributed by atoms with E-state index in [1.165, 1.54) is 4.90 Å². The number of nitrogens with one attached hydrogen (secondary N) is 2. The van der Waals surface area contributed by atoms with Crippen LogP contribution in [0.4, 0.5) is 5.69 Å². The first-order chi connectivity index (χ1) is 12.3. The Morgan fingerprint density at radius 2 is 1.88 bits per heavy atom. The Balaban J connectivity index is 1.90. The van der Waals surface area contributed by atoms with E-state index < -0.39 is 29.5 Å². The zero-order chi connectivity index (χ0) is 18.8. The molecule has 0 unspecified atom stereocenters. The number of amides is 3. The molecule has 138 valence electrons. The van der Waals surface area contributed by atoms with E-state index in [1.807, 2.05) is 19.9 Å². The average molecular weight is 357 g/mol. The summed E-state index contributed by atoms with van der Waals surface area (Å²) in [7, 11) is 0. The molecule has 3 aliphatic heterocycles. The second-order valence-corrected chi connectivity index (χ2v) is 7.53. The number of fused-ring (bicyclic) bond motifs is 4. The minimum absolute atomic E-state index is 0.244. The van der Waals surface area contributed by atoms with Gasteiger partial charge in [0.1, 0.15) is 5.54 Å². The van der Waals surface area contributed by atoms with Gasteiger partial charge in [-0.05, 0) is 26.3 Å². The first kappa shape index (κ1) is 17.2. The number of aliphatic hydroxyl groups excluding tert-OH is 1. The Morgan fingerprint density at radius 1 is 1.19 bits per heavy atom. The minimum Gasteiger partial charge on any atom is -0.392 e. The summed E-state index contributed by atoms with van der Waals surface area (Å²) in [6.45, 7) is 5.32. The predicted octanol–water partition coefficient (Wildman–Crippen LogP) is 0.586. The van der Waals surface area contributed by atoms with Gasteiger partial charge in [-0.2, -0.15) is 0 Å². The van der Waals surface area contributed by atoms with Crippen LogP contribution in [0.2, 0.25) is 0 Å². The third-order valence-electron chi connectivity index (χ3n) is 6.14. The topological polar surface area (TPSA) is 98.7 Å². The Hall–Kier alpha value is -2.25. The molecule has 6 atom stereocenters. The quantitative estimate of drug-likeness (QED) is 0.688. The fourth-order valence-corrected chi connectivity index (χ4v) is 4.74. The third-order valence-corrected chi connectivity index (χ3v) is 6.14. The number of likely N-dealkylation sites (tertiary alicyclic amines) is 1. The van der Waals surface area contributed by atoms with Crippen LogP contribution in [0.25, 0.3) is 0 Å². The van der Waals surface area contributed by atoms with Gasteiger partial charge < -0.3 is 10.4 Å². The molecule has 0 bridgehead atoms. The van der Waals surface area contributed by atoms with Gasteiger partial charge in [-0.1, -0.05) is 25.1 Å². The molecule has 0 saturated carbocycles. The first-order valence-corrected chi connectivity index (χ1v) is 9.08. The lowest BCUT2D eigenvalue weighted by Crippen LogP contribution is -2.55. The largest absolute Gasteiger partial charge is 0.392 e. The summed E-state index contributed by atoms with van der Waals surface area (Å²) >= 11 is 0. The second-order valence-electron chi connectivity index (χ2n) is 7.53. The van der Waals surface area contributed by atoms with Gasteiger partial charge in [0.15, 0.2) is 0 Å². The number of carbonyl (C=O) groups excluding carboxylic acids is 3. The van der Waals surface area contributed by atoms with Crippen LogP contribution in [-0.4, -0.2) is 45.9 Å². The van der Waals surface area contributed by atoms with Crippen LogP contribution in [-0.2, 0) is 19.9 Å². The lowest BCUT2D eigenvalue weighted by molar-refractivity contribution is -0.145. The Kier molecular flexibility index (Phi) is 3.71. The Labute approximate surface area is 151 Å². The van der Waals surface area contributed by atoms with Gasteiger partial charge in [0.05, 0.1) is 17.9 Å². The molecule has 26 heavy (non-hydrogen) atoms. The summed E-state index contributed by atoms with van der Waals surface area (Å²) in [5, 5.41) is 16.3. The maximum absolute atomic E-state index is 13.3. The first-order valence-electron chi connectivity index (χ1n) is 9.08. The summed E-state index contributed by atoms with van der Waals surface area (Å²) in [5.41, 5.74) is -0.0229. The summed E-state index contributed by atoms with van der Waals surface area (Å²) < 4.78 is 0. The molecule has 3 amide bonds. The van der Waals surface area contributed by atoms with Crippen molar-refractivity contribution in [1.82, 2.24) is 10.2 Å². The predicted molar refractivity (Wildman–Crippen MR) is 93.9 cm³/mol. The number of nitrogens with zero attached hydrogens (tertiary/aromatic N) is 1. The molecular formula is C19H23N3O4. The lowest BCUT2D eigenvalue weighted by Gasteiger charge is -2.31. The van der Waals surface area contributed by atoms with E-state index >= 15 is 0 Å².